The van der Waals surface area contributed by atoms with Crippen LogP contribution in [0.2, 0.25) is 0 Å². The summed E-state index contributed by atoms with van der Waals surface area (Å²) in [6.07, 6.45) is 4.14. The average molecular weight is 174 g/mol. The van der Waals surface area contributed by atoms with Gasteiger partial charge in [0.05, 0.1) is 6.61 Å². The van der Waals surface area contributed by atoms with Gasteiger partial charge in [0, 0.05) is 13.2 Å². The molecule has 0 amide bonds. The number of hydrogen-bond acceptors (Lipinski definition) is 3. The van der Waals surface area contributed by atoms with Crippen LogP contribution >= 0.6 is 0 Å². The first-order chi connectivity index (χ1) is 5.91. The zero-order valence-electron chi connectivity index (χ0n) is 7.75. The Labute approximate surface area is 74.0 Å². The first-order valence-electron chi connectivity index (χ1n) is 4.54. The molecular formula is C9H18O3. The molecule has 0 N–H and O–H groups in total. The Morgan fingerprint density at radius 2 is 1.83 bits per heavy atom. The molecule has 0 aromatic heterocycles. The molecule has 0 aromatic rings. The third-order valence-electron chi connectivity index (χ3n) is 1.47. The second kappa shape index (κ2) is 10.4. The van der Waals surface area contributed by atoms with Crippen LogP contribution in [0.3, 0.4) is 0 Å². The fourth-order valence-corrected chi connectivity index (χ4v) is 0.861. The number of hydrogen-bond donors (Lipinski definition) is 0. The zero-order chi connectivity index (χ0) is 9.07. The topological polar surface area (TPSA) is 35.5 Å². The number of carbonyl (C=O) groups is 1. The summed E-state index contributed by atoms with van der Waals surface area (Å²) in [4.78, 5) is 9.73. The summed E-state index contributed by atoms with van der Waals surface area (Å²) in [7, 11) is 0. The highest BCUT2D eigenvalue weighted by molar-refractivity contribution is 5.36. The molecule has 0 aliphatic carbocycles. The van der Waals surface area contributed by atoms with Crippen molar-refractivity contribution in [2.75, 3.05) is 19.8 Å². The fraction of sp³-hybridized carbons (Fsp3) is 0.889. The molecule has 0 rings (SSSR count). The molecule has 0 unspecified atom stereocenters. The number of ether oxygens (including phenoxy) is 2. The minimum Gasteiger partial charge on any atom is -0.468 e. The highest BCUT2D eigenvalue weighted by atomic mass is 16.5. The van der Waals surface area contributed by atoms with Gasteiger partial charge in [-0.15, -0.1) is 0 Å². The van der Waals surface area contributed by atoms with E-state index in [1.807, 2.05) is 0 Å². The van der Waals surface area contributed by atoms with E-state index in [0.29, 0.717) is 13.1 Å². The van der Waals surface area contributed by atoms with Crippen molar-refractivity contribution in [3.8, 4) is 0 Å². The van der Waals surface area contributed by atoms with Gasteiger partial charge in [-0.05, 0) is 25.7 Å². The van der Waals surface area contributed by atoms with Crippen molar-refractivity contribution in [3.63, 3.8) is 0 Å². The minimum absolute atomic E-state index is 0.494. The lowest BCUT2D eigenvalue weighted by Crippen LogP contribution is -1.97. The summed E-state index contributed by atoms with van der Waals surface area (Å²) >= 11 is 0. The number of unbranched alkanes of at least 4 members (excludes halogenated alkanes) is 2. The van der Waals surface area contributed by atoms with Crippen LogP contribution in [0.1, 0.15) is 32.6 Å². The van der Waals surface area contributed by atoms with Gasteiger partial charge in [0.1, 0.15) is 0 Å². The fourth-order valence-electron chi connectivity index (χ4n) is 0.861. The van der Waals surface area contributed by atoms with Crippen LogP contribution in [0.15, 0.2) is 0 Å². The Hall–Kier alpha value is -0.570. The maximum absolute atomic E-state index is 9.73. The monoisotopic (exact) mass is 174 g/mol. The van der Waals surface area contributed by atoms with E-state index in [9.17, 15) is 4.79 Å². The summed E-state index contributed by atoms with van der Waals surface area (Å²) < 4.78 is 9.82. The van der Waals surface area contributed by atoms with E-state index in [2.05, 4.69) is 11.7 Å². The van der Waals surface area contributed by atoms with Gasteiger partial charge in [0.2, 0.25) is 0 Å². The lowest BCUT2D eigenvalue weighted by molar-refractivity contribution is -0.128. The summed E-state index contributed by atoms with van der Waals surface area (Å²) in [5.41, 5.74) is 0. The molecule has 0 aliphatic rings. The molecule has 12 heavy (non-hydrogen) atoms. The van der Waals surface area contributed by atoms with Crippen molar-refractivity contribution in [2.45, 2.75) is 32.6 Å². The van der Waals surface area contributed by atoms with E-state index in [0.717, 1.165) is 38.9 Å². The molecule has 0 heterocycles. The predicted molar refractivity (Wildman–Crippen MR) is 47.0 cm³/mol. The van der Waals surface area contributed by atoms with E-state index < -0.39 is 0 Å². The molecule has 0 bridgehead atoms. The Morgan fingerprint density at radius 1 is 1.08 bits per heavy atom. The highest BCUT2D eigenvalue weighted by Crippen LogP contribution is 1.96. The van der Waals surface area contributed by atoms with Crippen LogP contribution in [-0.4, -0.2) is 26.3 Å². The van der Waals surface area contributed by atoms with Crippen LogP contribution in [0, 0.1) is 0 Å². The number of rotatable bonds is 9. The molecular weight excluding hydrogens is 156 g/mol. The quantitative estimate of drug-likeness (QED) is 0.394. The van der Waals surface area contributed by atoms with Crippen LogP contribution in [0.4, 0.5) is 0 Å². The lowest BCUT2D eigenvalue weighted by atomic mass is 10.2. The molecule has 0 atom stereocenters. The van der Waals surface area contributed by atoms with E-state index in [4.69, 9.17) is 4.74 Å². The van der Waals surface area contributed by atoms with Gasteiger partial charge >= 0.3 is 0 Å². The Kier molecular flexibility index (Phi) is 9.93. The molecule has 3 nitrogen and oxygen atoms in total. The Bertz CT molecular complexity index is 93.8. The molecule has 0 fully saturated rings. The first kappa shape index (κ1) is 11.4. The molecule has 3 heteroatoms. The van der Waals surface area contributed by atoms with Gasteiger partial charge in [-0.25, -0.2) is 0 Å². The lowest BCUT2D eigenvalue weighted by Gasteiger charge is -2.01. The van der Waals surface area contributed by atoms with Gasteiger partial charge in [0.25, 0.3) is 6.47 Å². The van der Waals surface area contributed by atoms with Crippen LogP contribution < -0.4 is 0 Å². The van der Waals surface area contributed by atoms with Crippen molar-refractivity contribution >= 4 is 6.47 Å². The van der Waals surface area contributed by atoms with E-state index in [1.165, 1.54) is 0 Å². The van der Waals surface area contributed by atoms with Gasteiger partial charge in [-0.2, -0.15) is 0 Å². The smallest absolute Gasteiger partial charge is 0.293 e. The minimum atomic E-state index is 0.494. The SMILES string of the molecule is CCCOCCCCCOC=O. The summed E-state index contributed by atoms with van der Waals surface area (Å²) in [5, 5.41) is 0. The third-order valence-corrected chi connectivity index (χ3v) is 1.47. The average Bonchev–Trinajstić information content (AvgIpc) is 2.10. The van der Waals surface area contributed by atoms with Crippen LogP contribution in [-0.2, 0) is 14.3 Å². The van der Waals surface area contributed by atoms with E-state index in [-0.39, 0.29) is 0 Å². The van der Waals surface area contributed by atoms with Gasteiger partial charge in [-0.1, -0.05) is 6.92 Å². The van der Waals surface area contributed by atoms with Crippen molar-refractivity contribution in [1.82, 2.24) is 0 Å². The standard InChI is InChI=1S/C9H18O3/c1-2-6-11-7-4-3-5-8-12-9-10/h9H,2-8H2,1H3. The van der Waals surface area contributed by atoms with Gasteiger partial charge in [-0.3, -0.25) is 4.79 Å². The second-order valence-electron chi connectivity index (χ2n) is 2.64. The van der Waals surface area contributed by atoms with Crippen molar-refractivity contribution in [2.24, 2.45) is 0 Å². The molecule has 0 saturated heterocycles. The van der Waals surface area contributed by atoms with Crippen molar-refractivity contribution in [1.29, 1.82) is 0 Å². The Balaban J connectivity index is 2.77. The van der Waals surface area contributed by atoms with Gasteiger partial charge in [0.15, 0.2) is 0 Å². The molecule has 0 aliphatic heterocycles. The maximum atomic E-state index is 9.73. The summed E-state index contributed by atoms with van der Waals surface area (Å²) in [6.45, 7) is 4.81. The second-order valence-corrected chi connectivity index (χ2v) is 2.64. The number of carbonyl (C=O) groups excluding carboxylic acids is 1. The molecule has 0 aromatic carbocycles. The predicted octanol–water partition coefficient (Wildman–Crippen LogP) is 1.76. The summed E-state index contributed by atoms with van der Waals surface area (Å²) in [6, 6.07) is 0. The molecule has 0 saturated carbocycles. The maximum Gasteiger partial charge on any atom is 0.293 e. The normalized spacial score (nSPS) is 9.75. The van der Waals surface area contributed by atoms with Crippen molar-refractivity contribution < 1.29 is 14.3 Å². The third kappa shape index (κ3) is 9.43. The van der Waals surface area contributed by atoms with E-state index >= 15 is 0 Å². The van der Waals surface area contributed by atoms with E-state index in [1.54, 1.807) is 0 Å². The van der Waals surface area contributed by atoms with Crippen LogP contribution in [0.5, 0.6) is 0 Å². The zero-order valence-corrected chi connectivity index (χ0v) is 7.75. The Morgan fingerprint density at radius 3 is 2.50 bits per heavy atom. The van der Waals surface area contributed by atoms with Crippen LogP contribution in [0.25, 0.3) is 0 Å². The largest absolute Gasteiger partial charge is 0.468 e. The summed E-state index contributed by atoms with van der Waals surface area (Å²) in [5.74, 6) is 0. The first-order valence-corrected chi connectivity index (χ1v) is 4.54. The highest BCUT2D eigenvalue weighted by Gasteiger charge is 1.89. The van der Waals surface area contributed by atoms with Gasteiger partial charge < -0.3 is 9.47 Å². The molecule has 0 spiro atoms. The molecule has 0 radical (unpaired) electrons. The molecule has 72 valence electrons. The van der Waals surface area contributed by atoms with Crippen molar-refractivity contribution in [3.05, 3.63) is 0 Å².